The summed E-state index contributed by atoms with van der Waals surface area (Å²) in [5.74, 6) is -0.979. The maximum Gasteiger partial charge on any atom is 0.208 e. The molecule has 1 heterocycles. The van der Waals surface area contributed by atoms with E-state index < -0.39 is 30.7 Å². The van der Waals surface area contributed by atoms with Crippen molar-refractivity contribution in [2.24, 2.45) is 0 Å². The van der Waals surface area contributed by atoms with Gasteiger partial charge >= 0.3 is 0 Å². The van der Waals surface area contributed by atoms with Crippen molar-refractivity contribution in [3.63, 3.8) is 0 Å². The minimum absolute atomic E-state index is 0.0378. The molecule has 0 amide bonds. The zero-order valence-corrected chi connectivity index (χ0v) is 14.8. The number of aliphatic hydroxyl groups excluding tert-OH is 3. The van der Waals surface area contributed by atoms with Crippen LogP contribution >= 0.6 is 0 Å². The van der Waals surface area contributed by atoms with Crippen LogP contribution in [-0.2, 0) is 0 Å². The van der Waals surface area contributed by atoms with Gasteiger partial charge in [0.2, 0.25) is 5.43 Å². The minimum Gasteiger partial charge on any atom is -0.507 e. The maximum atomic E-state index is 13.1. The number of phenols is 1. The van der Waals surface area contributed by atoms with E-state index in [4.69, 9.17) is 13.9 Å². The third kappa shape index (κ3) is 2.97. The highest BCUT2D eigenvalue weighted by Crippen LogP contribution is 2.41. The van der Waals surface area contributed by atoms with E-state index in [-0.39, 0.29) is 44.8 Å². The van der Waals surface area contributed by atoms with E-state index in [9.17, 15) is 25.2 Å². The monoisotopic (exact) mass is 376 g/mol. The Bertz CT molecular complexity index is 1040. The quantitative estimate of drug-likeness (QED) is 0.471. The molecule has 8 heteroatoms. The Morgan fingerprint density at radius 1 is 1.07 bits per heavy atom. The van der Waals surface area contributed by atoms with E-state index in [1.165, 1.54) is 20.3 Å². The molecule has 2 atom stereocenters. The first-order valence-electron chi connectivity index (χ1n) is 8.21. The first-order valence-corrected chi connectivity index (χ1v) is 8.21. The van der Waals surface area contributed by atoms with Gasteiger partial charge in [-0.05, 0) is 12.1 Å². The Morgan fingerprint density at radius 3 is 2.37 bits per heavy atom. The van der Waals surface area contributed by atoms with E-state index >= 15 is 0 Å². The van der Waals surface area contributed by atoms with Gasteiger partial charge in [-0.15, -0.1) is 0 Å². The molecule has 144 valence electrons. The molecule has 0 radical (unpaired) electrons. The lowest BCUT2D eigenvalue weighted by atomic mass is 9.91. The largest absolute Gasteiger partial charge is 0.507 e. The molecular weight excluding hydrogens is 356 g/mol. The number of aliphatic hydroxyl groups is 3. The van der Waals surface area contributed by atoms with Gasteiger partial charge in [0.05, 0.1) is 33.5 Å². The normalized spacial score (nSPS) is 13.7. The van der Waals surface area contributed by atoms with Gasteiger partial charge in [0.15, 0.2) is 0 Å². The summed E-state index contributed by atoms with van der Waals surface area (Å²) in [6.45, 7) is -1.17. The lowest BCUT2D eigenvalue weighted by Gasteiger charge is -2.23. The molecule has 27 heavy (non-hydrogen) atoms. The number of ether oxygens (including phenoxy) is 2. The highest BCUT2D eigenvalue weighted by molar-refractivity contribution is 5.98. The zero-order valence-electron chi connectivity index (χ0n) is 14.8. The van der Waals surface area contributed by atoms with Crippen LogP contribution in [0, 0.1) is 0 Å². The predicted molar refractivity (Wildman–Crippen MR) is 97.7 cm³/mol. The standard InChI is InChI=1S/C19H20O8/c1-25-12-4-3-5-13-17(12)18(24)16-10(22)6-14(26-2)15(19(16)27-13)9(7-20)11(23)8-21/h3-6,9,11,20-23H,7-8H2,1-2H3. The summed E-state index contributed by atoms with van der Waals surface area (Å²) >= 11 is 0. The highest BCUT2D eigenvalue weighted by Gasteiger charge is 2.30. The number of methoxy groups -OCH3 is 2. The molecule has 3 aromatic rings. The Morgan fingerprint density at radius 2 is 1.78 bits per heavy atom. The molecule has 1 aromatic heterocycles. The van der Waals surface area contributed by atoms with Gasteiger partial charge in [-0.2, -0.15) is 0 Å². The topological polar surface area (TPSA) is 130 Å². The van der Waals surface area contributed by atoms with Gasteiger partial charge in [-0.1, -0.05) is 6.07 Å². The molecule has 0 aliphatic rings. The van der Waals surface area contributed by atoms with Gasteiger partial charge in [-0.25, -0.2) is 0 Å². The second-order valence-electron chi connectivity index (χ2n) is 6.02. The summed E-state index contributed by atoms with van der Waals surface area (Å²) in [6.07, 6.45) is -1.33. The van der Waals surface area contributed by atoms with Gasteiger partial charge < -0.3 is 34.3 Å². The van der Waals surface area contributed by atoms with Crippen molar-refractivity contribution in [1.82, 2.24) is 0 Å². The van der Waals surface area contributed by atoms with Crippen LogP contribution in [0.3, 0.4) is 0 Å². The summed E-state index contributed by atoms with van der Waals surface area (Å²) in [7, 11) is 2.75. The lowest BCUT2D eigenvalue weighted by molar-refractivity contribution is 0.0520. The van der Waals surface area contributed by atoms with Gasteiger partial charge in [0.1, 0.15) is 39.2 Å². The molecule has 0 aliphatic heterocycles. The van der Waals surface area contributed by atoms with Crippen LogP contribution in [0.5, 0.6) is 17.2 Å². The third-order valence-electron chi connectivity index (χ3n) is 4.57. The second kappa shape index (κ2) is 7.43. The average molecular weight is 376 g/mol. The van der Waals surface area contributed by atoms with Crippen LogP contribution in [0.2, 0.25) is 0 Å². The molecular formula is C19H20O8. The summed E-state index contributed by atoms with van der Waals surface area (Å²) < 4.78 is 16.4. The van der Waals surface area contributed by atoms with Crippen molar-refractivity contribution in [3.05, 3.63) is 40.1 Å². The summed E-state index contributed by atoms with van der Waals surface area (Å²) in [6, 6.07) is 6.01. The summed E-state index contributed by atoms with van der Waals surface area (Å²) in [5.41, 5.74) is -0.184. The zero-order chi connectivity index (χ0) is 19.7. The molecule has 0 saturated heterocycles. The first kappa shape index (κ1) is 19.0. The summed E-state index contributed by atoms with van der Waals surface area (Å²) in [4.78, 5) is 13.1. The van der Waals surface area contributed by atoms with Gasteiger partial charge in [-0.3, -0.25) is 4.79 Å². The van der Waals surface area contributed by atoms with Crippen LogP contribution in [0.1, 0.15) is 11.5 Å². The van der Waals surface area contributed by atoms with E-state index in [0.29, 0.717) is 0 Å². The summed E-state index contributed by atoms with van der Waals surface area (Å²) in [5, 5.41) is 39.6. The highest BCUT2D eigenvalue weighted by atomic mass is 16.5. The molecule has 0 aliphatic carbocycles. The van der Waals surface area contributed by atoms with E-state index in [1.807, 2.05) is 0 Å². The van der Waals surface area contributed by atoms with Crippen molar-refractivity contribution in [2.75, 3.05) is 27.4 Å². The fourth-order valence-electron chi connectivity index (χ4n) is 3.24. The van der Waals surface area contributed by atoms with Crippen LogP contribution in [-0.4, -0.2) is 54.0 Å². The molecule has 0 fully saturated rings. The number of rotatable bonds is 6. The molecule has 2 unspecified atom stereocenters. The number of aromatic hydroxyl groups is 1. The number of hydrogen-bond acceptors (Lipinski definition) is 8. The Labute approximate surface area is 153 Å². The number of fused-ring (bicyclic) bond motifs is 2. The van der Waals surface area contributed by atoms with Crippen molar-refractivity contribution in [2.45, 2.75) is 12.0 Å². The smallest absolute Gasteiger partial charge is 0.208 e. The van der Waals surface area contributed by atoms with Crippen LogP contribution < -0.4 is 14.9 Å². The minimum atomic E-state index is -1.33. The molecule has 0 saturated carbocycles. The van der Waals surface area contributed by atoms with Crippen LogP contribution in [0.4, 0.5) is 0 Å². The number of phenolic OH excluding ortho intramolecular Hbond substituents is 1. The van der Waals surface area contributed by atoms with Crippen LogP contribution in [0.15, 0.2) is 33.5 Å². The predicted octanol–water partition coefficient (Wildman–Crippen LogP) is 1.10. The Balaban J connectivity index is 2.52. The Kier molecular flexibility index (Phi) is 5.22. The molecule has 0 bridgehead atoms. The number of benzene rings is 2. The van der Waals surface area contributed by atoms with Crippen molar-refractivity contribution in [1.29, 1.82) is 0 Å². The van der Waals surface area contributed by atoms with Crippen molar-refractivity contribution in [3.8, 4) is 17.2 Å². The van der Waals surface area contributed by atoms with Crippen molar-refractivity contribution >= 4 is 21.9 Å². The first-order chi connectivity index (χ1) is 13.0. The molecule has 0 spiro atoms. The molecule has 2 aromatic carbocycles. The molecule has 8 nitrogen and oxygen atoms in total. The molecule has 3 rings (SSSR count). The fraction of sp³-hybridized carbons (Fsp3) is 0.316. The van der Waals surface area contributed by atoms with Gasteiger partial charge in [0, 0.05) is 17.5 Å². The lowest BCUT2D eigenvalue weighted by Crippen LogP contribution is -2.26. The van der Waals surface area contributed by atoms with E-state index in [1.54, 1.807) is 18.2 Å². The SMILES string of the molecule is COc1cc(O)c2c(=O)c3c(OC)cccc3oc2c1C(CO)C(O)CO. The van der Waals surface area contributed by atoms with Crippen LogP contribution in [0.25, 0.3) is 21.9 Å². The third-order valence-corrected chi connectivity index (χ3v) is 4.57. The second-order valence-corrected chi connectivity index (χ2v) is 6.02. The number of hydrogen-bond donors (Lipinski definition) is 4. The molecule has 4 N–H and O–H groups in total. The van der Waals surface area contributed by atoms with E-state index in [0.717, 1.165) is 0 Å². The maximum absolute atomic E-state index is 13.1. The van der Waals surface area contributed by atoms with Gasteiger partial charge in [0.25, 0.3) is 0 Å². The van der Waals surface area contributed by atoms with E-state index in [2.05, 4.69) is 0 Å². The van der Waals surface area contributed by atoms with Crippen molar-refractivity contribution < 1.29 is 34.3 Å². The fourth-order valence-corrected chi connectivity index (χ4v) is 3.24. The Hall–Kier alpha value is -2.81. The average Bonchev–Trinajstić information content (AvgIpc) is 2.68.